The van der Waals surface area contributed by atoms with Crippen LogP contribution in [0.4, 0.5) is 0 Å². The molecule has 0 radical (unpaired) electrons. The van der Waals surface area contributed by atoms with Crippen LogP contribution in [0.1, 0.15) is 34.5 Å². The molecule has 2 aromatic rings. The molecule has 2 saturated heterocycles. The number of hydrogen-bond donors (Lipinski definition) is 0. The molecule has 2 aliphatic heterocycles. The topological polar surface area (TPSA) is 93.2 Å². The molecule has 2 aliphatic rings. The van der Waals surface area contributed by atoms with Crippen LogP contribution in [-0.4, -0.2) is 69.4 Å². The second-order valence-corrected chi connectivity index (χ2v) is 11.5. The van der Waals surface area contributed by atoms with Crippen LogP contribution in [0, 0.1) is 12.3 Å². The quantitative estimate of drug-likeness (QED) is 0.576. The largest absolute Gasteiger partial charge is 0.484 e. The van der Waals surface area contributed by atoms with Gasteiger partial charge in [-0.15, -0.1) is 11.3 Å². The molecular formula is C23H28N2O6S2. The number of rotatable bonds is 6. The average Bonchev–Trinajstić information content (AvgIpc) is 3.47. The lowest BCUT2D eigenvalue weighted by Crippen LogP contribution is -2.46. The van der Waals surface area contributed by atoms with Crippen LogP contribution in [0.3, 0.4) is 0 Å². The number of piperidine rings is 1. The number of para-hydroxylation sites is 1. The summed E-state index contributed by atoms with van der Waals surface area (Å²) in [6, 6.07) is 9.05. The number of thiophene rings is 1. The minimum atomic E-state index is -3.79. The van der Waals surface area contributed by atoms with Gasteiger partial charge in [-0.25, -0.2) is 13.2 Å². The number of hydrogen-bond acceptors (Lipinski definition) is 7. The Morgan fingerprint density at radius 3 is 2.48 bits per heavy atom. The highest BCUT2D eigenvalue weighted by atomic mass is 32.2. The minimum Gasteiger partial charge on any atom is -0.484 e. The first-order valence-electron chi connectivity index (χ1n) is 10.9. The molecule has 0 saturated carbocycles. The molecule has 33 heavy (non-hydrogen) atoms. The zero-order valence-electron chi connectivity index (χ0n) is 18.8. The fourth-order valence-corrected chi connectivity index (χ4v) is 7.43. The van der Waals surface area contributed by atoms with Gasteiger partial charge in [0, 0.05) is 26.2 Å². The van der Waals surface area contributed by atoms with Crippen molar-refractivity contribution < 1.29 is 27.5 Å². The first-order chi connectivity index (χ1) is 15.8. The molecular weight excluding hydrogens is 464 g/mol. The molecule has 0 unspecified atom stereocenters. The van der Waals surface area contributed by atoms with Crippen LogP contribution < -0.4 is 4.74 Å². The molecule has 2 fully saturated rings. The number of nitrogens with zero attached hydrogens (tertiary/aromatic N) is 2. The number of ether oxygens (including phenoxy) is 2. The third kappa shape index (κ3) is 4.78. The van der Waals surface area contributed by atoms with Gasteiger partial charge in [-0.1, -0.05) is 18.2 Å². The van der Waals surface area contributed by atoms with E-state index in [1.165, 1.54) is 17.5 Å². The summed E-state index contributed by atoms with van der Waals surface area (Å²) in [4.78, 5) is 26.5. The van der Waals surface area contributed by atoms with Crippen LogP contribution in [0.25, 0.3) is 0 Å². The Bertz CT molecular complexity index is 1140. The Morgan fingerprint density at radius 2 is 1.79 bits per heavy atom. The molecule has 1 aromatic heterocycles. The zero-order valence-corrected chi connectivity index (χ0v) is 20.4. The first-order valence-corrected chi connectivity index (χ1v) is 13.2. The van der Waals surface area contributed by atoms with Crippen molar-refractivity contribution in [2.75, 3.05) is 39.9 Å². The lowest BCUT2D eigenvalue weighted by Gasteiger charge is -2.39. The van der Waals surface area contributed by atoms with Gasteiger partial charge >= 0.3 is 5.97 Å². The van der Waals surface area contributed by atoms with Crippen LogP contribution in [0.15, 0.2) is 40.6 Å². The van der Waals surface area contributed by atoms with Crippen LogP contribution >= 0.6 is 11.3 Å². The van der Waals surface area contributed by atoms with Gasteiger partial charge in [0.25, 0.3) is 5.91 Å². The smallest absolute Gasteiger partial charge is 0.349 e. The summed E-state index contributed by atoms with van der Waals surface area (Å²) in [6.45, 7) is 3.89. The van der Waals surface area contributed by atoms with Crippen LogP contribution in [0.5, 0.6) is 5.75 Å². The molecule has 0 atom stereocenters. The van der Waals surface area contributed by atoms with E-state index in [0.717, 1.165) is 36.2 Å². The summed E-state index contributed by atoms with van der Waals surface area (Å²) in [5.74, 6) is 0.00418. The molecule has 0 bridgehead atoms. The third-order valence-electron chi connectivity index (χ3n) is 6.64. The predicted octanol–water partition coefficient (Wildman–Crippen LogP) is 2.93. The number of esters is 1. The van der Waals surface area contributed by atoms with E-state index in [1.807, 2.05) is 31.2 Å². The predicted molar refractivity (Wildman–Crippen MR) is 124 cm³/mol. The lowest BCUT2D eigenvalue weighted by molar-refractivity contribution is -0.135. The van der Waals surface area contributed by atoms with E-state index in [2.05, 4.69) is 0 Å². The van der Waals surface area contributed by atoms with E-state index >= 15 is 0 Å². The van der Waals surface area contributed by atoms with Crippen molar-refractivity contribution in [1.82, 2.24) is 9.21 Å². The maximum Gasteiger partial charge on any atom is 0.349 e. The van der Waals surface area contributed by atoms with Crippen molar-refractivity contribution in [3.8, 4) is 5.75 Å². The van der Waals surface area contributed by atoms with Crippen LogP contribution in [0.2, 0.25) is 0 Å². The SMILES string of the molecule is COC(=O)c1sccc1S(=O)(=O)N1CCC2(CCN(C(=O)COc3ccccc3C)CC2)C1. The number of likely N-dealkylation sites (tertiary alicyclic amines) is 1. The van der Waals surface area contributed by atoms with Gasteiger partial charge in [0.15, 0.2) is 6.61 Å². The lowest BCUT2D eigenvalue weighted by atomic mass is 9.78. The Morgan fingerprint density at radius 1 is 1.09 bits per heavy atom. The van der Waals surface area contributed by atoms with Gasteiger partial charge < -0.3 is 14.4 Å². The van der Waals surface area contributed by atoms with Crippen molar-refractivity contribution in [2.45, 2.75) is 31.1 Å². The maximum atomic E-state index is 13.2. The van der Waals surface area contributed by atoms with Gasteiger partial charge in [0.05, 0.1) is 7.11 Å². The molecule has 10 heteroatoms. The third-order valence-corrected chi connectivity index (χ3v) is 9.55. The highest BCUT2D eigenvalue weighted by Crippen LogP contribution is 2.42. The molecule has 0 N–H and O–H groups in total. The van der Waals surface area contributed by atoms with Gasteiger partial charge in [-0.2, -0.15) is 4.31 Å². The highest BCUT2D eigenvalue weighted by molar-refractivity contribution is 7.89. The van der Waals surface area contributed by atoms with E-state index in [1.54, 1.807) is 10.3 Å². The van der Waals surface area contributed by atoms with Crippen molar-refractivity contribution in [2.24, 2.45) is 5.41 Å². The zero-order chi connectivity index (χ0) is 23.6. The van der Waals surface area contributed by atoms with Gasteiger partial charge in [0.2, 0.25) is 10.0 Å². The molecule has 4 rings (SSSR count). The molecule has 1 spiro atoms. The van der Waals surface area contributed by atoms with Gasteiger partial charge in [-0.05, 0) is 54.7 Å². The van der Waals surface area contributed by atoms with Gasteiger partial charge in [0.1, 0.15) is 15.5 Å². The van der Waals surface area contributed by atoms with Crippen molar-refractivity contribution in [3.63, 3.8) is 0 Å². The summed E-state index contributed by atoms with van der Waals surface area (Å²) >= 11 is 1.07. The maximum absolute atomic E-state index is 13.2. The van der Waals surface area contributed by atoms with Crippen molar-refractivity contribution in [3.05, 3.63) is 46.2 Å². The summed E-state index contributed by atoms with van der Waals surface area (Å²) in [5.41, 5.74) is 0.832. The van der Waals surface area contributed by atoms with E-state index in [9.17, 15) is 18.0 Å². The van der Waals surface area contributed by atoms with Crippen molar-refractivity contribution in [1.29, 1.82) is 0 Å². The summed E-state index contributed by atoms with van der Waals surface area (Å²) in [7, 11) is -2.55. The summed E-state index contributed by atoms with van der Waals surface area (Å²) in [6.07, 6.45) is 2.22. The summed E-state index contributed by atoms with van der Waals surface area (Å²) < 4.78 is 38.4. The number of amides is 1. The second-order valence-electron chi connectivity index (χ2n) is 8.63. The van der Waals surface area contributed by atoms with E-state index in [-0.39, 0.29) is 27.7 Å². The Labute approximate surface area is 198 Å². The fraction of sp³-hybridized carbons (Fsp3) is 0.478. The molecule has 3 heterocycles. The number of aryl methyl sites for hydroxylation is 1. The standard InChI is InChI=1S/C23H28N2O6S2/c1-17-5-3-4-6-18(17)31-15-20(26)24-11-8-23(9-12-24)10-13-25(16-23)33(28,29)19-7-14-32-21(19)22(27)30-2/h3-7,14H,8-13,15-16H2,1-2H3. The number of benzene rings is 1. The normalized spacial score (nSPS) is 18.4. The molecule has 178 valence electrons. The second kappa shape index (κ2) is 9.44. The Hall–Kier alpha value is -2.43. The molecule has 0 aliphatic carbocycles. The number of methoxy groups -OCH3 is 1. The van der Waals surface area contributed by atoms with E-state index in [0.29, 0.717) is 31.9 Å². The van der Waals surface area contributed by atoms with E-state index < -0.39 is 16.0 Å². The fourth-order valence-electron chi connectivity index (χ4n) is 4.57. The van der Waals surface area contributed by atoms with Crippen molar-refractivity contribution >= 4 is 33.2 Å². The monoisotopic (exact) mass is 492 g/mol. The minimum absolute atomic E-state index is 0.00712. The number of carbonyl (C=O) groups excluding carboxylic acids is 2. The van der Waals surface area contributed by atoms with Crippen LogP contribution in [-0.2, 0) is 19.6 Å². The van der Waals surface area contributed by atoms with E-state index in [4.69, 9.17) is 9.47 Å². The van der Waals surface area contributed by atoms with Gasteiger partial charge in [-0.3, -0.25) is 4.79 Å². The number of sulfonamides is 1. The first kappa shape index (κ1) is 23.7. The molecule has 8 nitrogen and oxygen atoms in total. The average molecular weight is 493 g/mol. The highest BCUT2D eigenvalue weighted by Gasteiger charge is 2.46. The Balaban J connectivity index is 1.35. The number of carbonyl (C=O) groups is 2. The molecule has 1 amide bonds. The molecule has 1 aromatic carbocycles. The summed E-state index contributed by atoms with van der Waals surface area (Å²) in [5, 5.41) is 1.59. The Kier molecular flexibility index (Phi) is 6.78.